The molecular formula is C17H14N2O7S3. The Morgan fingerprint density at radius 2 is 1.69 bits per heavy atom. The summed E-state index contributed by atoms with van der Waals surface area (Å²) >= 11 is 4.44. The molecule has 1 amide bonds. The van der Waals surface area contributed by atoms with Crippen LogP contribution in [0.4, 0.5) is 11.4 Å². The van der Waals surface area contributed by atoms with Gasteiger partial charge in [0.25, 0.3) is 20.2 Å². The number of nitrogens with zero attached hydrogens (tertiary/aromatic N) is 1. The zero-order chi connectivity index (χ0) is 21.8. The summed E-state index contributed by atoms with van der Waals surface area (Å²) in [6.45, 7) is 1.24. The van der Waals surface area contributed by atoms with E-state index in [4.69, 9.17) is 0 Å². The fourth-order valence-corrected chi connectivity index (χ4v) is 3.82. The Morgan fingerprint density at radius 3 is 2.24 bits per heavy atom. The van der Waals surface area contributed by atoms with E-state index in [1.807, 2.05) is 5.16 Å². The van der Waals surface area contributed by atoms with E-state index in [0.29, 0.717) is 0 Å². The molecular weight excluding hydrogens is 440 g/mol. The van der Waals surface area contributed by atoms with Gasteiger partial charge < -0.3 is 5.32 Å². The summed E-state index contributed by atoms with van der Waals surface area (Å²) in [7, 11) is -9.21. The standard InChI is InChI=1S/C17H14N2O7S3/c1-11(20)19-14-6-5-13(16(9-14)28(21,22)23)4-2-12-3-7-15(18-10-27)17(8-12)29(24,25)26/h2-9H,1H3,(H,19,20)(H,21,22,23)(H,24,25,26). The number of thiocarbonyl (C=S) groups is 1. The van der Waals surface area contributed by atoms with Gasteiger partial charge in [-0.2, -0.15) is 21.8 Å². The molecule has 0 bridgehead atoms. The molecule has 0 saturated carbocycles. The summed E-state index contributed by atoms with van der Waals surface area (Å²) in [6, 6.07) is 7.70. The molecule has 0 aliphatic carbocycles. The third-order valence-electron chi connectivity index (χ3n) is 3.50. The summed E-state index contributed by atoms with van der Waals surface area (Å²) < 4.78 is 65.2. The van der Waals surface area contributed by atoms with Crippen molar-refractivity contribution >= 4 is 67.0 Å². The van der Waals surface area contributed by atoms with Crippen LogP contribution in [0, 0.1) is 0 Å². The van der Waals surface area contributed by atoms with E-state index in [9.17, 15) is 30.7 Å². The number of anilines is 1. The normalized spacial score (nSPS) is 11.8. The second-order valence-corrected chi connectivity index (χ2v) is 8.61. The molecule has 2 rings (SSSR count). The predicted octanol–water partition coefficient (Wildman–Crippen LogP) is 3.04. The highest BCUT2D eigenvalue weighted by atomic mass is 32.2. The van der Waals surface area contributed by atoms with Crippen LogP contribution >= 0.6 is 12.2 Å². The maximum Gasteiger partial charge on any atom is 0.296 e. The molecule has 0 unspecified atom stereocenters. The van der Waals surface area contributed by atoms with Crippen LogP contribution in [-0.2, 0) is 25.0 Å². The molecule has 29 heavy (non-hydrogen) atoms. The Hall–Kier alpha value is -2.73. The first kappa shape index (κ1) is 22.6. The third kappa shape index (κ3) is 6.12. The Balaban J connectivity index is 2.54. The van der Waals surface area contributed by atoms with Gasteiger partial charge in [-0.15, -0.1) is 0 Å². The molecule has 0 fully saturated rings. The average Bonchev–Trinajstić information content (AvgIpc) is 2.59. The molecule has 0 spiro atoms. The number of nitrogens with one attached hydrogen (secondary N) is 1. The lowest BCUT2D eigenvalue weighted by atomic mass is 10.1. The van der Waals surface area contributed by atoms with Crippen LogP contribution in [0.15, 0.2) is 51.2 Å². The topological polar surface area (TPSA) is 150 Å². The smallest absolute Gasteiger partial charge is 0.296 e. The number of hydrogen-bond donors (Lipinski definition) is 3. The number of amides is 1. The molecule has 152 valence electrons. The highest BCUT2D eigenvalue weighted by Crippen LogP contribution is 2.27. The summed E-state index contributed by atoms with van der Waals surface area (Å²) in [6.07, 6.45) is 2.67. The molecule has 0 aliphatic rings. The van der Waals surface area contributed by atoms with E-state index in [-0.39, 0.29) is 22.5 Å². The van der Waals surface area contributed by atoms with Gasteiger partial charge in [0.2, 0.25) is 5.91 Å². The lowest BCUT2D eigenvalue weighted by Crippen LogP contribution is -2.08. The van der Waals surface area contributed by atoms with Gasteiger partial charge in [-0.1, -0.05) is 24.3 Å². The largest absolute Gasteiger partial charge is 0.326 e. The number of benzene rings is 2. The molecule has 0 aromatic heterocycles. The van der Waals surface area contributed by atoms with Crippen molar-refractivity contribution in [1.29, 1.82) is 0 Å². The van der Waals surface area contributed by atoms with Crippen LogP contribution in [0.2, 0.25) is 0 Å². The fourth-order valence-electron chi connectivity index (χ4n) is 2.35. The van der Waals surface area contributed by atoms with Crippen molar-refractivity contribution in [3.05, 3.63) is 47.5 Å². The molecule has 9 nitrogen and oxygen atoms in total. The van der Waals surface area contributed by atoms with E-state index in [2.05, 4.69) is 22.5 Å². The number of isothiocyanates is 1. The number of hydrogen-bond acceptors (Lipinski definition) is 7. The summed E-state index contributed by atoms with van der Waals surface area (Å²) in [5, 5.41) is 4.41. The summed E-state index contributed by atoms with van der Waals surface area (Å²) in [5.41, 5.74) is 0.417. The van der Waals surface area contributed by atoms with Gasteiger partial charge >= 0.3 is 0 Å². The molecule has 12 heteroatoms. The Labute approximate surface area is 172 Å². The zero-order valence-corrected chi connectivity index (χ0v) is 17.2. The molecule has 0 atom stereocenters. The van der Waals surface area contributed by atoms with Gasteiger partial charge in [-0.3, -0.25) is 13.9 Å². The maximum atomic E-state index is 11.7. The maximum absolute atomic E-state index is 11.7. The third-order valence-corrected chi connectivity index (χ3v) is 5.38. The first-order valence-electron chi connectivity index (χ1n) is 7.68. The molecule has 3 N–H and O–H groups in total. The Kier molecular flexibility index (Phi) is 6.80. The molecule has 0 radical (unpaired) electrons. The fraction of sp³-hybridized carbons (Fsp3) is 0.0588. The monoisotopic (exact) mass is 454 g/mol. The van der Waals surface area contributed by atoms with Crippen LogP contribution in [0.3, 0.4) is 0 Å². The van der Waals surface area contributed by atoms with Gasteiger partial charge in [0.05, 0.1) is 10.8 Å². The predicted molar refractivity (Wildman–Crippen MR) is 110 cm³/mol. The number of carbonyl (C=O) groups excluding carboxylic acids is 1. The van der Waals surface area contributed by atoms with Crippen molar-refractivity contribution in [2.24, 2.45) is 4.99 Å². The minimum Gasteiger partial charge on any atom is -0.326 e. The van der Waals surface area contributed by atoms with Crippen molar-refractivity contribution in [3.8, 4) is 0 Å². The van der Waals surface area contributed by atoms with E-state index >= 15 is 0 Å². The molecule has 0 saturated heterocycles. The van der Waals surface area contributed by atoms with Crippen molar-refractivity contribution in [2.45, 2.75) is 16.7 Å². The Bertz CT molecular complexity index is 1260. The van der Waals surface area contributed by atoms with Gasteiger partial charge in [0.15, 0.2) is 0 Å². The van der Waals surface area contributed by atoms with E-state index in [1.165, 1.54) is 43.3 Å². The molecule has 2 aromatic carbocycles. The number of carbonyl (C=O) groups is 1. The van der Waals surface area contributed by atoms with Crippen LogP contribution < -0.4 is 5.32 Å². The van der Waals surface area contributed by atoms with Crippen molar-refractivity contribution < 1.29 is 30.7 Å². The Morgan fingerprint density at radius 1 is 1.03 bits per heavy atom. The van der Waals surface area contributed by atoms with Gasteiger partial charge in [0, 0.05) is 12.6 Å². The highest BCUT2D eigenvalue weighted by molar-refractivity contribution is 7.86. The van der Waals surface area contributed by atoms with Gasteiger partial charge in [-0.05, 0) is 47.6 Å². The first-order chi connectivity index (χ1) is 13.4. The van der Waals surface area contributed by atoms with Crippen molar-refractivity contribution in [2.75, 3.05) is 5.32 Å². The van der Waals surface area contributed by atoms with Crippen LogP contribution in [0.1, 0.15) is 18.1 Å². The van der Waals surface area contributed by atoms with Crippen LogP contribution in [0.25, 0.3) is 12.2 Å². The van der Waals surface area contributed by atoms with E-state index in [1.54, 1.807) is 0 Å². The van der Waals surface area contributed by atoms with E-state index < -0.39 is 35.9 Å². The SMILES string of the molecule is CC(=O)Nc1ccc(C=Cc2ccc(N=C=S)c(S(=O)(=O)O)c2)c(S(=O)(=O)O)c1. The summed E-state index contributed by atoms with van der Waals surface area (Å²) in [5.74, 6) is -0.425. The summed E-state index contributed by atoms with van der Waals surface area (Å²) in [4.78, 5) is 13.7. The van der Waals surface area contributed by atoms with Crippen LogP contribution in [-0.4, -0.2) is 37.0 Å². The van der Waals surface area contributed by atoms with Crippen molar-refractivity contribution in [1.82, 2.24) is 0 Å². The van der Waals surface area contributed by atoms with Gasteiger partial charge in [0.1, 0.15) is 9.79 Å². The quantitative estimate of drug-likeness (QED) is 0.261. The second-order valence-electron chi connectivity index (χ2n) is 5.65. The zero-order valence-electron chi connectivity index (χ0n) is 14.7. The highest BCUT2D eigenvalue weighted by Gasteiger charge is 2.17. The minimum absolute atomic E-state index is 0.0796. The lowest BCUT2D eigenvalue weighted by Gasteiger charge is -2.08. The number of rotatable bonds is 6. The van der Waals surface area contributed by atoms with Crippen LogP contribution in [0.5, 0.6) is 0 Å². The van der Waals surface area contributed by atoms with E-state index in [0.717, 1.165) is 12.1 Å². The molecule has 0 aliphatic heterocycles. The molecule has 2 aromatic rings. The lowest BCUT2D eigenvalue weighted by molar-refractivity contribution is -0.114. The molecule has 0 heterocycles. The average molecular weight is 455 g/mol. The van der Waals surface area contributed by atoms with Crippen molar-refractivity contribution in [3.63, 3.8) is 0 Å². The number of aliphatic imine (C=N–C) groups is 1. The second kappa shape index (κ2) is 8.74. The first-order valence-corrected chi connectivity index (χ1v) is 11.0. The minimum atomic E-state index is -4.61. The van der Waals surface area contributed by atoms with Gasteiger partial charge in [-0.25, -0.2) is 0 Å².